The van der Waals surface area contributed by atoms with Crippen molar-refractivity contribution >= 4 is 39.7 Å². The Morgan fingerprint density at radius 1 is 1.05 bits per heavy atom. The summed E-state index contributed by atoms with van der Waals surface area (Å²) in [5.41, 5.74) is 2.45. The number of thiophene rings is 1. The van der Waals surface area contributed by atoms with Crippen LogP contribution < -0.4 is 14.8 Å². The molecule has 0 bridgehead atoms. The maximum Gasteiger partial charge on any atom is 0.261 e. The molecule has 0 saturated carbocycles. The van der Waals surface area contributed by atoms with Crippen molar-refractivity contribution in [3.63, 3.8) is 0 Å². The molecule has 0 spiro atoms. The molecular weight excluding hydrogens is 513 g/mol. The fourth-order valence-electron chi connectivity index (χ4n) is 4.09. The first-order valence-corrected chi connectivity index (χ1v) is 12.7. The number of rotatable bonds is 8. The van der Waals surface area contributed by atoms with Crippen LogP contribution in [0.2, 0.25) is 4.34 Å². The zero-order valence-corrected chi connectivity index (χ0v) is 21.6. The third-order valence-electron chi connectivity index (χ3n) is 5.91. The van der Waals surface area contributed by atoms with Crippen molar-refractivity contribution < 1.29 is 18.7 Å². The van der Waals surface area contributed by atoms with E-state index in [2.05, 4.69) is 10.4 Å². The molecule has 5 aromatic rings. The lowest BCUT2D eigenvalue weighted by atomic mass is 10.0. The molecule has 1 N–H and O–H groups in total. The number of nitrogens with one attached hydrogen (secondary N) is 1. The summed E-state index contributed by atoms with van der Waals surface area (Å²) in [6.07, 6.45) is 1.22. The van der Waals surface area contributed by atoms with E-state index in [0.717, 1.165) is 22.2 Å². The fourth-order valence-corrected chi connectivity index (χ4v) is 5.03. The number of nitrogens with zero attached hydrogens (tertiary/aromatic N) is 2. The van der Waals surface area contributed by atoms with Gasteiger partial charge in [-0.15, -0.1) is 11.3 Å². The molecule has 0 radical (unpaired) electrons. The van der Waals surface area contributed by atoms with Crippen molar-refractivity contribution in [3.05, 3.63) is 106 Å². The van der Waals surface area contributed by atoms with E-state index in [9.17, 15) is 9.18 Å². The molecule has 37 heavy (non-hydrogen) atoms. The molecule has 0 saturated heterocycles. The van der Waals surface area contributed by atoms with Crippen molar-refractivity contribution in [3.8, 4) is 17.2 Å². The van der Waals surface area contributed by atoms with Gasteiger partial charge in [-0.25, -0.2) is 9.07 Å². The predicted octanol–water partition coefficient (Wildman–Crippen LogP) is 6.83. The fraction of sp³-hybridized carbons (Fsp3) is 0.143. The molecule has 0 aliphatic rings. The van der Waals surface area contributed by atoms with E-state index < -0.39 is 12.1 Å². The minimum atomic E-state index is -0.515. The van der Waals surface area contributed by atoms with Gasteiger partial charge in [0.15, 0.2) is 0 Å². The van der Waals surface area contributed by atoms with Crippen LogP contribution in [0.4, 0.5) is 4.39 Å². The SMILES string of the molecule is COc1cccc([C@@H](Oc2ccc3c(cnn3-c3ccc(F)cc3)c2)[C@H](C)NC(=O)c2ccc(Cl)s2)c1. The second-order valence-electron chi connectivity index (χ2n) is 8.43. The Hall–Kier alpha value is -3.88. The molecule has 2 heterocycles. The van der Waals surface area contributed by atoms with Gasteiger partial charge in [-0.05, 0) is 79.2 Å². The van der Waals surface area contributed by atoms with Gasteiger partial charge in [-0.1, -0.05) is 23.7 Å². The summed E-state index contributed by atoms with van der Waals surface area (Å²) in [5, 5.41) is 8.35. The van der Waals surface area contributed by atoms with Crippen molar-refractivity contribution in [2.75, 3.05) is 7.11 Å². The molecule has 0 aliphatic carbocycles. The average molecular weight is 536 g/mol. The Bertz CT molecular complexity index is 1550. The number of benzene rings is 3. The zero-order valence-electron chi connectivity index (χ0n) is 20.0. The van der Waals surface area contributed by atoms with E-state index in [1.807, 2.05) is 49.4 Å². The highest BCUT2D eigenvalue weighted by Gasteiger charge is 2.25. The minimum absolute atomic E-state index is 0.225. The van der Waals surface area contributed by atoms with Crippen LogP contribution >= 0.6 is 22.9 Å². The number of hydrogen-bond donors (Lipinski definition) is 1. The van der Waals surface area contributed by atoms with Gasteiger partial charge in [0.05, 0.1) is 39.8 Å². The van der Waals surface area contributed by atoms with Crippen LogP contribution in [0.1, 0.15) is 28.3 Å². The molecule has 2 aromatic heterocycles. The topological polar surface area (TPSA) is 65.4 Å². The Labute approximate surface area is 222 Å². The molecule has 1 amide bonds. The van der Waals surface area contributed by atoms with Crippen LogP contribution in [0.5, 0.6) is 11.5 Å². The molecule has 188 valence electrons. The summed E-state index contributed by atoms with van der Waals surface area (Å²) in [4.78, 5) is 13.4. The van der Waals surface area contributed by atoms with Gasteiger partial charge < -0.3 is 14.8 Å². The molecule has 6 nitrogen and oxygen atoms in total. The predicted molar refractivity (Wildman–Crippen MR) is 144 cm³/mol. The highest BCUT2D eigenvalue weighted by atomic mass is 35.5. The van der Waals surface area contributed by atoms with Gasteiger partial charge in [0.1, 0.15) is 23.4 Å². The number of amides is 1. The molecule has 0 aliphatic heterocycles. The summed E-state index contributed by atoms with van der Waals surface area (Å²) < 4.78 is 27.5. The Kier molecular flexibility index (Phi) is 7.12. The number of methoxy groups -OCH3 is 1. The van der Waals surface area contributed by atoms with E-state index in [1.54, 1.807) is 42.3 Å². The number of hydrogen-bond acceptors (Lipinski definition) is 5. The number of fused-ring (bicyclic) bond motifs is 1. The van der Waals surface area contributed by atoms with E-state index >= 15 is 0 Å². The summed E-state index contributed by atoms with van der Waals surface area (Å²) in [6.45, 7) is 1.89. The normalized spacial score (nSPS) is 12.8. The average Bonchev–Trinajstić information content (AvgIpc) is 3.54. The molecule has 2 atom stereocenters. The summed E-state index contributed by atoms with van der Waals surface area (Å²) in [6, 6.07) is 22.4. The second kappa shape index (κ2) is 10.6. The Balaban J connectivity index is 1.44. The van der Waals surface area contributed by atoms with Gasteiger partial charge in [0, 0.05) is 5.39 Å². The first-order chi connectivity index (χ1) is 17.9. The summed E-state index contributed by atoms with van der Waals surface area (Å²) in [5.74, 6) is 0.768. The van der Waals surface area contributed by atoms with E-state index in [-0.39, 0.29) is 11.7 Å². The third-order valence-corrected chi connectivity index (χ3v) is 7.14. The van der Waals surface area contributed by atoms with Crippen molar-refractivity contribution in [1.82, 2.24) is 15.1 Å². The molecule has 0 unspecified atom stereocenters. The first-order valence-electron chi connectivity index (χ1n) is 11.5. The standard InChI is InChI=1S/C28H23ClFN3O3S/c1-17(32-28(34)25-12-13-26(29)37-25)27(18-4-3-5-22(14-18)35-2)36-23-10-11-24-19(15-23)16-31-33(24)21-8-6-20(30)7-9-21/h3-17,27H,1-2H3,(H,32,34)/t17-,27-/m0/s1. The highest BCUT2D eigenvalue weighted by Crippen LogP contribution is 2.31. The van der Waals surface area contributed by atoms with E-state index in [4.69, 9.17) is 21.1 Å². The van der Waals surface area contributed by atoms with Crippen LogP contribution in [0.15, 0.2) is 85.1 Å². The van der Waals surface area contributed by atoms with Crippen LogP contribution in [0, 0.1) is 5.82 Å². The van der Waals surface area contributed by atoms with E-state index in [0.29, 0.717) is 20.7 Å². The maximum absolute atomic E-state index is 13.4. The van der Waals surface area contributed by atoms with Gasteiger partial charge in [0.25, 0.3) is 5.91 Å². The van der Waals surface area contributed by atoms with Crippen LogP contribution in [0.3, 0.4) is 0 Å². The minimum Gasteiger partial charge on any atom is -0.497 e. The number of aromatic nitrogens is 2. The van der Waals surface area contributed by atoms with Crippen LogP contribution in [-0.4, -0.2) is 28.8 Å². The summed E-state index contributed by atoms with van der Waals surface area (Å²) in [7, 11) is 1.60. The smallest absolute Gasteiger partial charge is 0.261 e. The quantitative estimate of drug-likeness (QED) is 0.236. The van der Waals surface area contributed by atoms with Gasteiger partial charge >= 0.3 is 0 Å². The first kappa shape index (κ1) is 24.8. The number of ether oxygens (including phenoxy) is 2. The van der Waals surface area contributed by atoms with Crippen molar-refractivity contribution in [2.24, 2.45) is 0 Å². The zero-order chi connectivity index (χ0) is 25.9. The number of carbonyl (C=O) groups excluding carboxylic acids is 1. The monoisotopic (exact) mass is 535 g/mol. The lowest BCUT2D eigenvalue weighted by Crippen LogP contribution is -2.39. The molecule has 0 fully saturated rings. The number of carbonyl (C=O) groups is 1. The second-order valence-corrected chi connectivity index (χ2v) is 10.1. The van der Waals surface area contributed by atoms with Crippen LogP contribution in [-0.2, 0) is 0 Å². The van der Waals surface area contributed by atoms with Crippen LogP contribution in [0.25, 0.3) is 16.6 Å². The lowest BCUT2D eigenvalue weighted by molar-refractivity contribution is 0.0886. The lowest BCUT2D eigenvalue weighted by Gasteiger charge is -2.27. The maximum atomic E-state index is 13.4. The molecular formula is C28H23ClFN3O3S. The molecule has 3 aromatic carbocycles. The van der Waals surface area contributed by atoms with Gasteiger partial charge in [-0.3, -0.25) is 4.79 Å². The van der Waals surface area contributed by atoms with Gasteiger partial charge in [0.2, 0.25) is 0 Å². The van der Waals surface area contributed by atoms with Crippen molar-refractivity contribution in [1.29, 1.82) is 0 Å². The summed E-state index contributed by atoms with van der Waals surface area (Å²) >= 11 is 7.23. The largest absolute Gasteiger partial charge is 0.497 e. The number of halogens is 2. The van der Waals surface area contributed by atoms with E-state index in [1.165, 1.54) is 23.5 Å². The van der Waals surface area contributed by atoms with Gasteiger partial charge in [-0.2, -0.15) is 5.10 Å². The Morgan fingerprint density at radius 2 is 1.86 bits per heavy atom. The van der Waals surface area contributed by atoms with Crippen molar-refractivity contribution in [2.45, 2.75) is 19.1 Å². The Morgan fingerprint density at radius 3 is 2.59 bits per heavy atom. The third kappa shape index (κ3) is 5.45. The molecule has 9 heteroatoms. The molecule has 5 rings (SSSR count). The highest BCUT2D eigenvalue weighted by molar-refractivity contribution is 7.18.